The van der Waals surface area contributed by atoms with Crippen LogP contribution in [-0.4, -0.2) is 16.1 Å². The Kier molecular flexibility index (Phi) is 4.61. The third-order valence-electron chi connectivity index (χ3n) is 3.99. The molecule has 20 heavy (non-hydrogen) atoms. The van der Waals surface area contributed by atoms with Crippen LogP contribution in [-0.2, 0) is 12.0 Å². The normalized spacial score (nSPS) is 13.4. The second kappa shape index (κ2) is 6.23. The number of likely N-dealkylation sites (N-methyl/N-ethyl adjacent to an activating group) is 1. The van der Waals surface area contributed by atoms with Crippen LogP contribution in [0.15, 0.2) is 42.7 Å². The highest BCUT2D eigenvalue weighted by Gasteiger charge is 2.34. The maximum atomic E-state index is 4.60. The monoisotopic (exact) mass is 271 g/mol. The minimum absolute atomic E-state index is 0.0183. The largest absolute Gasteiger partial charge is 0.334 e. The van der Waals surface area contributed by atoms with Gasteiger partial charge in [0, 0.05) is 24.4 Å². The van der Waals surface area contributed by atoms with Gasteiger partial charge in [-0.3, -0.25) is 0 Å². The fourth-order valence-corrected chi connectivity index (χ4v) is 2.76. The number of aryl methyl sites for hydroxylation is 1. The Morgan fingerprint density at radius 1 is 1.20 bits per heavy atom. The molecule has 1 aromatic carbocycles. The van der Waals surface area contributed by atoms with Crippen molar-refractivity contribution in [1.29, 1.82) is 0 Å². The third-order valence-corrected chi connectivity index (χ3v) is 3.99. The van der Waals surface area contributed by atoms with E-state index in [-0.39, 0.29) is 11.5 Å². The van der Waals surface area contributed by atoms with Crippen LogP contribution in [0.4, 0.5) is 0 Å². The summed E-state index contributed by atoms with van der Waals surface area (Å²) in [6.45, 7) is 10.7. The predicted octanol–water partition coefficient (Wildman–Crippen LogP) is 3.53. The van der Waals surface area contributed by atoms with Crippen LogP contribution in [0.3, 0.4) is 0 Å². The number of nitrogens with zero attached hydrogens (tertiary/aromatic N) is 2. The molecule has 0 saturated heterocycles. The topological polar surface area (TPSA) is 29.9 Å². The lowest BCUT2D eigenvalue weighted by Gasteiger charge is -2.35. The van der Waals surface area contributed by atoms with Crippen molar-refractivity contribution in [2.24, 2.45) is 0 Å². The molecule has 0 saturated carbocycles. The Hall–Kier alpha value is -1.61. The fraction of sp³-hybridized carbons (Fsp3) is 0.471. The van der Waals surface area contributed by atoms with Crippen molar-refractivity contribution in [2.45, 2.75) is 45.7 Å². The molecule has 0 aliphatic heterocycles. The van der Waals surface area contributed by atoms with Gasteiger partial charge in [-0.2, -0.15) is 0 Å². The van der Waals surface area contributed by atoms with E-state index in [1.807, 2.05) is 6.20 Å². The highest BCUT2D eigenvalue weighted by atomic mass is 15.1. The molecule has 0 fully saturated rings. The van der Waals surface area contributed by atoms with Crippen molar-refractivity contribution in [3.05, 3.63) is 54.1 Å². The van der Waals surface area contributed by atoms with Gasteiger partial charge in [-0.05, 0) is 19.0 Å². The molecule has 1 unspecified atom stereocenters. The minimum Gasteiger partial charge on any atom is -0.334 e. The molecule has 0 radical (unpaired) electrons. The van der Waals surface area contributed by atoms with E-state index >= 15 is 0 Å². The van der Waals surface area contributed by atoms with E-state index in [0.717, 1.165) is 18.9 Å². The summed E-state index contributed by atoms with van der Waals surface area (Å²) in [5, 5.41) is 3.62. The number of aromatic nitrogens is 2. The Labute approximate surface area is 122 Å². The molecule has 1 atom stereocenters. The van der Waals surface area contributed by atoms with E-state index in [1.54, 1.807) is 0 Å². The average Bonchev–Trinajstić information content (AvgIpc) is 2.93. The van der Waals surface area contributed by atoms with E-state index in [1.165, 1.54) is 5.56 Å². The minimum atomic E-state index is -0.0183. The number of rotatable bonds is 6. The second-order valence-corrected chi connectivity index (χ2v) is 5.65. The number of imidazole rings is 1. The van der Waals surface area contributed by atoms with Gasteiger partial charge in [-0.15, -0.1) is 0 Å². The van der Waals surface area contributed by atoms with E-state index in [9.17, 15) is 0 Å². The van der Waals surface area contributed by atoms with Crippen molar-refractivity contribution in [3.63, 3.8) is 0 Å². The van der Waals surface area contributed by atoms with Crippen molar-refractivity contribution >= 4 is 0 Å². The predicted molar refractivity (Wildman–Crippen MR) is 83.8 cm³/mol. The molecular weight excluding hydrogens is 246 g/mol. The van der Waals surface area contributed by atoms with Gasteiger partial charge in [0.2, 0.25) is 0 Å². The Morgan fingerprint density at radius 3 is 2.50 bits per heavy atom. The van der Waals surface area contributed by atoms with Gasteiger partial charge in [0.05, 0.1) is 6.04 Å². The van der Waals surface area contributed by atoms with Crippen molar-refractivity contribution in [2.75, 3.05) is 6.54 Å². The summed E-state index contributed by atoms with van der Waals surface area (Å²) >= 11 is 0. The van der Waals surface area contributed by atoms with Crippen molar-refractivity contribution in [1.82, 2.24) is 14.9 Å². The molecule has 108 valence electrons. The lowest BCUT2D eigenvalue weighted by molar-refractivity contribution is 0.330. The maximum absolute atomic E-state index is 4.60. The molecule has 1 N–H and O–H groups in total. The van der Waals surface area contributed by atoms with Crippen LogP contribution < -0.4 is 5.32 Å². The molecule has 0 amide bonds. The van der Waals surface area contributed by atoms with Gasteiger partial charge >= 0.3 is 0 Å². The molecule has 3 heteroatoms. The van der Waals surface area contributed by atoms with E-state index in [4.69, 9.17) is 0 Å². The van der Waals surface area contributed by atoms with Crippen LogP contribution in [0.25, 0.3) is 0 Å². The zero-order valence-corrected chi connectivity index (χ0v) is 12.9. The SMILES string of the molecule is CCNC(c1nccn1CC)C(C)(C)c1ccccc1. The Bertz CT molecular complexity index is 528. The standard InChI is InChI=1S/C17H25N3/c1-5-18-15(16-19-12-13-20(16)6-2)17(3,4)14-10-8-7-9-11-14/h7-13,15,18H,5-6H2,1-4H3. The maximum Gasteiger partial charge on any atom is 0.126 e. The van der Waals surface area contributed by atoms with Crippen LogP contribution in [0, 0.1) is 0 Å². The van der Waals surface area contributed by atoms with Crippen molar-refractivity contribution < 1.29 is 0 Å². The summed E-state index contributed by atoms with van der Waals surface area (Å²) in [7, 11) is 0. The first-order valence-corrected chi connectivity index (χ1v) is 7.41. The molecule has 1 heterocycles. The first kappa shape index (κ1) is 14.8. The lowest BCUT2D eigenvalue weighted by Crippen LogP contribution is -2.39. The van der Waals surface area contributed by atoms with E-state index in [2.05, 4.69) is 79.1 Å². The van der Waals surface area contributed by atoms with Gasteiger partial charge in [0.25, 0.3) is 0 Å². The molecular formula is C17H25N3. The summed E-state index contributed by atoms with van der Waals surface area (Å²) in [5.41, 5.74) is 1.31. The average molecular weight is 271 g/mol. The molecule has 0 aliphatic rings. The van der Waals surface area contributed by atoms with Gasteiger partial charge < -0.3 is 9.88 Å². The zero-order chi connectivity index (χ0) is 14.6. The van der Waals surface area contributed by atoms with Gasteiger partial charge in [-0.25, -0.2) is 4.98 Å². The fourth-order valence-electron chi connectivity index (χ4n) is 2.76. The molecule has 2 aromatic rings. The quantitative estimate of drug-likeness (QED) is 0.871. The summed E-state index contributed by atoms with van der Waals surface area (Å²) in [5.74, 6) is 1.11. The molecule has 0 bridgehead atoms. The van der Waals surface area contributed by atoms with E-state index < -0.39 is 0 Å². The van der Waals surface area contributed by atoms with Gasteiger partial charge in [0.1, 0.15) is 5.82 Å². The number of hydrogen-bond donors (Lipinski definition) is 1. The van der Waals surface area contributed by atoms with Crippen LogP contribution >= 0.6 is 0 Å². The number of benzene rings is 1. The first-order chi connectivity index (χ1) is 9.61. The second-order valence-electron chi connectivity index (χ2n) is 5.65. The summed E-state index contributed by atoms with van der Waals surface area (Å²) in [6, 6.07) is 10.9. The third kappa shape index (κ3) is 2.78. The molecule has 1 aromatic heterocycles. The number of hydrogen-bond acceptors (Lipinski definition) is 2. The lowest BCUT2D eigenvalue weighted by atomic mass is 9.77. The molecule has 0 spiro atoms. The smallest absolute Gasteiger partial charge is 0.126 e. The Morgan fingerprint density at radius 2 is 1.90 bits per heavy atom. The molecule has 3 nitrogen and oxygen atoms in total. The Balaban J connectivity index is 2.42. The summed E-state index contributed by atoms with van der Waals surface area (Å²) < 4.78 is 2.22. The summed E-state index contributed by atoms with van der Waals surface area (Å²) in [4.78, 5) is 4.60. The first-order valence-electron chi connectivity index (χ1n) is 7.41. The van der Waals surface area contributed by atoms with Gasteiger partial charge in [-0.1, -0.05) is 51.1 Å². The van der Waals surface area contributed by atoms with Crippen molar-refractivity contribution in [3.8, 4) is 0 Å². The number of nitrogens with one attached hydrogen (secondary N) is 1. The summed E-state index contributed by atoms with van der Waals surface area (Å²) in [6.07, 6.45) is 3.95. The zero-order valence-electron chi connectivity index (χ0n) is 12.9. The highest BCUT2D eigenvalue weighted by Crippen LogP contribution is 2.36. The van der Waals surface area contributed by atoms with Crippen LogP contribution in [0.2, 0.25) is 0 Å². The molecule has 0 aliphatic carbocycles. The van der Waals surface area contributed by atoms with Gasteiger partial charge in [0.15, 0.2) is 0 Å². The highest BCUT2D eigenvalue weighted by molar-refractivity contribution is 5.28. The van der Waals surface area contributed by atoms with Crippen LogP contribution in [0.5, 0.6) is 0 Å². The molecule has 2 rings (SSSR count). The van der Waals surface area contributed by atoms with Crippen LogP contribution in [0.1, 0.15) is 45.1 Å². The van der Waals surface area contributed by atoms with E-state index in [0.29, 0.717) is 0 Å².